The number of rotatable bonds is 9. The highest BCUT2D eigenvalue weighted by Crippen LogP contribution is 2.03. The minimum absolute atomic E-state index is 0. The van der Waals surface area contributed by atoms with E-state index in [1.807, 2.05) is 6.92 Å². The Bertz CT molecular complexity index is 520. The minimum Gasteiger partial charge on any atom is -0.357 e. The van der Waals surface area contributed by atoms with E-state index >= 15 is 0 Å². The predicted octanol–water partition coefficient (Wildman–Crippen LogP) is 2.70. The fraction of sp³-hybridized carbons (Fsp3) is 0.556. The average Bonchev–Trinajstić information content (AvgIpc) is 2.53. The summed E-state index contributed by atoms with van der Waals surface area (Å²) in [6.45, 7) is 9.05. The first kappa shape index (κ1) is 23.6. The van der Waals surface area contributed by atoms with Crippen LogP contribution in [0.4, 0.5) is 4.39 Å². The largest absolute Gasteiger partial charge is 0.357 e. The maximum atomic E-state index is 12.8. The molecule has 0 spiro atoms. The first-order valence-electron chi connectivity index (χ1n) is 8.54. The fourth-order valence-electron chi connectivity index (χ4n) is 2.01. The van der Waals surface area contributed by atoms with Gasteiger partial charge in [0.1, 0.15) is 5.82 Å². The van der Waals surface area contributed by atoms with Crippen molar-refractivity contribution in [2.45, 2.75) is 33.6 Å². The lowest BCUT2D eigenvalue weighted by Crippen LogP contribution is -2.41. The molecule has 0 aliphatic rings. The zero-order valence-electron chi connectivity index (χ0n) is 15.3. The highest BCUT2D eigenvalue weighted by Gasteiger charge is 2.03. The summed E-state index contributed by atoms with van der Waals surface area (Å²) in [6, 6.07) is 5.97. The molecule has 0 radical (unpaired) electrons. The second-order valence-corrected chi connectivity index (χ2v) is 6.02. The smallest absolute Gasteiger partial charge is 0.224 e. The van der Waals surface area contributed by atoms with Crippen molar-refractivity contribution < 1.29 is 9.18 Å². The third-order valence-electron chi connectivity index (χ3n) is 3.34. The number of nitrogens with one attached hydrogen (secondary N) is 3. The predicted molar refractivity (Wildman–Crippen MR) is 112 cm³/mol. The Morgan fingerprint density at radius 2 is 1.76 bits per heavy atom. The molecule has 0 bridgehead atoms. The van der Waals surface area contributed by atoms with Gasteiger partial charge in [-0.25, -0.2) is 4.39 Å². The number of hydrogen-bond acceptors (Lipinski definition) is 2. The third kappa shape index (κ3) is 11.7. The van der Waals surface area contributed by atoms with Crippen molar-refractivity contribution in [3.63, 3.8) is 0 Å². The molecule has 1 rings (SSSR count). The summed E-state index contributed by atoms with van der Waals surface area (Å²) in [5.74, 6) is 1.02. The molecule has 1 aromatic rings. The number of aliphatic imine (C=N–C) groups is 1. The van der Waals surface area contributed by atoms with E-state index in [1.54, 1.807) is 12.1 Å². The summed E-state index contributed by atoms with van der Waals surface area (Å²) in [4.78, 5) is 16.3. The molecule has 0 fully saturated rings. The Hall–Kier alpha value is -1.38. The van der Waals surface area contributed by atoms with Gasteiger partial charge in [0.15, 0.2) is 5.96 Å². The molecular weight excluding hydrogens is 434 g/mol. The molecule has 1 aromatic carbocycles. The van der Waals surface area contributed by atoms with E-state index in [0.29, 0.717) is 19.0 Å². The summed E-state index contributed by atoms with van der Waals surface area (Å²) < 4.78 is 12.8. The topological polar surface area (TPSA) is 65.5 Å². The molecular formula is C18H30FIN4O. The van der Waals surface area contributed by atoms with E-state index in [0.717, 1.165) is 31.0 Å². The van der Waals surface area contributed by atoms with Crippen LogP contribution in [0.1, 0.15) is 32.8 Å². The van der Waals surface area contributed by atoms with Crippen LogP contribution in [0, 0.1) is 11.7 Å². The quantitative estimate of drug-likeness (QED) is 0.228. The molecule has 25 heavy (non-hydrogen) atoms. The maximum Gasteiger partial charge on any atom is 0.224 e. The molecule has 7 heteroatoms. The van der Waals surface area contributed by atoms with Crippen LogP contribution in [0.5, 0.6) is 0 Å². The van der Waals surface area contributed by atoms with E-state index in [-0.39, 0.29) is 42.1 Å². The third-order valence-corrected chi connectivity index (χ3v) is 3.34. The molecule has 0 saturated heterocycles. The normalized spacial score (nSPS) is 11.0. The number of benzene rings is 1. The highest BCUT2D eigenvalue weighted by molar-refractivity contribution is 14.0. The summed E-state index contributed by atoms with van der Waals surface area (Å²) >= 11 is 0. The SMILES string of the molecule is CCNC(=NCCC(C)C)NCCNC(=O)Cc1ccc(F)cc1.I. The van der Waals surface area contributed by atoms with Crippen molar-refractivity contribution in [3.8, 4) is 0 Å². The minimum atomic E-state index is -0.295. The molecule has 1 amide bonds. The molecule has 142 valence electrons. The number of carbonyl (C=O) groups excluding carboxylic acids is 1. The van der Waals surface area contributed by atoms with Crippen LogP contribution in [0.25, 0.3) is 0 Å². The van der Waals surface area contributed by atoms with Gasteiger partial charge in [-0.1, -0.05) is 26.0 Å². The van der Waals surface area contributed by atoms with Gasteiger partial charge in [-0.2, -0.15) is 0 Å². The molecule has 0 aliphatic heterocycles. The first-order chi connectivity index (χ1) is 11.5. The molecule has 0 heterocycles. The van der Waals surface area contributed by atoms with Gasteiger partial charge in [0, 0.05) is 26.2 Å². The Balaban J connectivity index is 0.00000576. The standard InChI is InChI=1S/C18H29FN4O.HI/c1-4-20-18(22-10-9-14(2)3)23-12-11-21-17(24)13-15-5-7-16(19)8-6-15;/h5-8,14H,4,9-13H2,1-3H3,(H,21,24)(H2,20,22,23);1H. The van der Waals surface area contributed by atoms with Gasteiger partial charge in [0.2, 0.25) is 5.91 Å². The summed E-state index contributed by atoms with van der Waals surface area (Å²) in [6.07, 6.45) is 1.30. The number of carbonyl (C=O) groups is 1. The van der Waals surface area contributed by atoms with Crippen LogP contribution in [0.2, 0.25) is 0 Å². The Morgan fingerprint density at radius 1 is 1.12 bits per heavy atom. The second kappa shape index (κ2) is 13.9. The van der Waals surface area contributed by atoms with Crippen LogP contribution in [0.15, 0.2) is 29.3 Å². The second-order valence-electron chi connectivity index (χ2n) is 6.02. The van der Waals surface area contributed by atoms with Gasteiger partial charge in [-0.05, 0) is 37.0 Å². The fourth-order valence-corrected chi connectivity index (χ4v) is 2.01. The van der Waals surface area contributed by atoms with E-state index in [4.69, 9.17) is 0 Å². The lowest BCUT2D eigenvalue weighted by atomic mass is 10.1. The van der Waals surface area contributed by atoms with Gasteiger partial charge >= 0.3 is 0 Å². The molecule has 3 N–H and O–H groups in total. The van der Waals surface area contributed by atoms with Crippen molar-refractivity contribution in [2.75, 3.05) is 26.2 Å². The molecule has 0 aliphatic carbocycles. The molecule has 5 nitrogen and oxygen atoms in total. The Kier molecular flexibility index (Phi) is 13.1. The lowest BCUT2D eigenvalue weighted by Gasteiger charge is -2.12. The number of hydrogen-bond donors (Lipinski definition) is 3. The summed E-state index contributed by atoms with van der Waals surface area (Å²) in [5, 5.41) is 9.22. The van der Waals surface area contributed by atoms with Crippen LogP contribution in [-0.2, 0) is 11.2 Å². The van der Waals surface area contributed by atoms with Gasteiger partial charge in [-0.3, -0.25) is 9.79 Å². The molecule has 0 aromatic heterocycles. The van der Waals surface area contributed by atoms with Gasteiger partial charge < -0.3 is 16.0 Å². The maximum absolute atomic E-state index is 12.8. The van der Waals surface area contributed by atoms with Gasteiger partial charge in [0.25, 0.3) is 0 Å². The van der Waals surface area contributed by atoms with Crippen molar-refractivity contribution >= 4 is 35.8 Å². The first-order valence-corrected chi connectivity index (χ1v) is 8.54. The molecule has 0 unspecified atom stereocenters. The van der Waals surface area contributed by atoms with E-state index < -0.39 is 0 Å². The zero-order valence-corrected chi connectivity index (χ0v) is 17.6. The van der Waals surface area contributed by atoms with E-state index in [2.05, 4.69) is 34.8 Å². The highest BCUT2D eigenvalue weighted by atomic mass is 127. The Morgan fingerprint density at radius 3 is 2.36 bits per heavy atom. The number of amides is 1. The average molecular weight is 464 g/mol. The Labute approximate surface area is 167 Å². The summed E-state index contributed by atoms with van der Waals surface area (Å²) in [7, 11) is 0. The van der Waals surface area contributed by atoms with Crippen LogP contribution in [0.3, 0.4) is 0 Å². The van der Waals surface area contributed by atoms with E-state index in [9.17, 15) is 9.18 Å². The summed E-state index contributed by atoms with van der Waals surface area (Å²) in [5.41, 5.74) is 0.797. The molecule has 0 saturated carbocycles. The van der Waals surface area contributed by atoms with Crippen molar-refractivity contribution in [1.82, 2.24) is 16.0 Å². The monoisotopic (exact) mass is 464 g/mol. The zero-order chi connectivity index (χ0) is 17.8. The van der Waals surface area contributed by atoms with Crippen LogP contribution in [-0.4, -0.2) is 38.0 Å². The van der Waals surface area contributed by atoms with Crippen LogP contribution < -0.4 is 16.0 Å². The van der Waals surface area contributed by atoms with Crippen molar-refractivity contribution in [3.05, 3.63) is 35.6 Å². The van der Waals surface area contributed by atoms with Crippen molar-refractivity contribution in [2.24, 2.45) is 10.9 Å². The van der Waals surface area contributed by atoms with Crippen molar-refractivity contribution in [1.29, 1.82) is 0 Å². The number of guanidine groups is 1. The molecule has 0 atom stereocenters. The van der Waals surface area contributed by atoms with Crippen LogP contribution >= 0.6 is 24.0 Å². The lowest BCUT2D eigenvalue weighted by molar-refractivity contribution is -0.120. The van der Waals surface area contributed by atoms with E-state index in [1.165, 1.54) is 12.1 Å². The number of nitrogens with zero attached hydrogens (tertiary/aromatic N) is 1. The number of halogens is 2. The van der Waals surface area contributed by atoms with Gasteiger partial charge in [0.05, 0.1) is 6.42 Å². The van der Waals surface area contributed by atoms with Gasteiger partial charge in [-0.15, -0.1) is 24.0 Å².